The van der Waals surface area contributed by atoms with Gasteiger partial charge < -0.3 is 4.42 Å². The van der Waals surface area contributed by atoms with Crippen molar-refractivity contribution in [2.45, 2.75) is 13.1 Å². The van der Waals surface area contributed by atoms with Crippen molar-refractivity contribution >= 4 is 43.5 Å². The molecule has 0 N–H and O–H groups in total. The van der Waals surface area contributed by atoms with Crippen LogP contribution in [0.2, 0.25) is 0 Å². The van der Waals surface area contributed by atoms with Gasteiger partial charge in [-0.05, 0) is 60.2 Å². The first-order valence-electron chi connectivity index (χ1n) is 10.2. The van der Waals surface area contributed by atoms with E-state index in [1.807, 2.05) is 55.5 Å². The summed E-state index contributed by atoms with van der Waals surface area (Å²) in [5.41, 5.74) is 3.20. The van der Waals surface area contributed by atoms with Gasteiger partial charge in [-0.3, -0.25) is 4.98 Å². The number of fused-ring (bicyclic) bond motifs is 7. The Morgan fingerprint density at radius 2 is 1.41 bits per heavy atom. The Morgan fingerprint density at radius 3 is 2.19 bits per heavy atom. The summed E-state index contributed by atoms with van der Waals surface area (Å²) >= 11 is 0. The van der Waals surface area contributed by atoms with Crippen molar-refractivity contribution in [1.82, 2.24) is 4.98 Å². The minimum atomic E-state index is -4.41. The van der Waals surface area contributed by atoms with Gasteiger partial charge in [-0.15, -0.1) is 0 Å². The fourth-order valence-electron chi connectivity index (χ4n) is 4.50. The van der Waals surface area contributed by atoms with Gasteiger partial charge in [-0.25, -0.2) is 0 Å². The van der Waals surface area contributed by atoms with E-state index in [0.29, 0.717) is 11.0 Å². The molecule has 0 amide bonds. The van der Waals surface area contributed by atoms with Crippen molar-refractivity contribution in [3.05, 3.63) is 90.1 Å². The Kier molecular flexibility index (Phi) is 3.87. The van der Waals surface area contributed by atoms with Gasteiger partial charge in [-0.1, -0.05) is 35.9 Å². The van der Waals surface area contributed by atoms with E-state index in [0.717, 1.165) is 55.9 Å². The number of alkyl halides is 3. The highest BCUT2D eigenvalue weighted by Crippen LogP contribution is 2.40. The van der Waals surface area contributed by atoms with Gasteiger partial charge in [0.1, 0.15) is 11.2 Å². The molecule has 2 heterocycles. The number of hydrogen-bond acceptors (Lipinski definition) is 2. The molecule has 32 heavy (non-hydrogen) atoms. The van der Waals surface area contributed by atoms with Crippen LogP contribution in [0.25, 0.3) is 54.7 Å². The standard InChI is InChI=1S/C27H16F3NO/c1-15-3-2-4-16(13-15)25-21-8-10-22-18(19(21)11-12-31-25)7-9-23-20-6-5-17(27(28,29)30)14-24(20)32-26(22)23/h2-14H,1H3. The van der Waals surface area contributed by atoms with E-state index in [4.69, 9.17) is 4.42 Å². The van der Waals surface area contributed by atoms with Crippen molar-refractivity contribution in [3.63, 3.8) is 0 Å². The van der Waals surface area contributed by atoms with E-state index >= 15 is 0 Å². The van der Waals surface area contributed by atoms with Crippen LogP contribution in [-0.2, 0) is 6.18 Å². The zero-order valence-corrected chi connectivity index (χ0v) is 17.0. The van der Waals surface area contributed by atoms with E-state index in [1.54, 1.807) is 6.20 Å². The van der Waals surface area contributed by atoms with Gasteiger partial charge in [0.2, 0.25) is 0 Å². The third-order valence-electron chi connectivity index (χ3n) is 6.00. The topological polar surface area (TPSA) is 26.0 Å². The van der Waals surface area contributed by atoms with Gasteiger partial charge in [0.15, 0.2) is 0 Å². The number of aromatic nitrogens is 1. The third kappa shape index (κ3) is 2.78. The van der Waals surface area contributed by atoms with Crippen LogP contribution < -0.4 is 0 Å². The first kappa shape index (κ1) is 18.9. The molecule has 0 aliphatic heterocycles. The summed E-state index contributed by atoms with van der Waals surface area (Å²) in [5.74, 6) is 0. The number of nitrogens with zero attached hydrogens (tertiary/aromatic N) is 1. The summed E-state index contributed by atoms with van der Waals surface area (Å²) in [4.78, 5) is 4.62. The molecule has 0 radical (unpaired) electrons. The Morgan fingerprint density at radius 1 is 0.719 bits per heavy atom. The molecule has 0 fully saturated rings. The van der Waals surface area contributed by atoms with Crippen LogP contribution in [0.1, 0.15) is 11.1 Å². The summed E-state index contributed by atoms with van der Waals surface area (Å²) in [6, 6.07) is 21.7. The smallest absolute Gasteiger partial charge is 0.416 e. The van der Waals surface area contributed by atoms with Crippen LogP contribution in [-0.4, -0.2) is 4.98 Å². The van der Waals surface area contributed by atoms with Gasteiger partial charge in [0.25, 0.3) is 0 Å². The fraction of sp³-hybridized carbons (Fsp3) is 0.0741. The Balaban J connectivity index is 1.64. The van der Waals surface area contributed by atoms with E-state index in [9.17, 15) is 13.2 Å². The average Bonchev–Trinajstić information content (AvgIpc) is 3.16. The van der Waals surface area contributed by atoms with Crippen molar-refractivity contribution < 1.29 is 17.6 Å². The fourth-order valence-corrected chi connectivity index (χ4v) is 4.50. The maximum absolute atomic E-state index is 13.2. The minimum Gasteiger partial charge on any atom is -0.455 e. The normalized spacial score (nSPS) is 12.4. The quantitative estimate of drug-likeness (QED) is 0.247. The lowest BCUT2D eigenvalue weighted by Crippen LogP contribution is -2.03. The molecule has 0 bridgehead atoms. The predicted octanol–water partition coefficient (Wildman–Crippen LogP) is 8.28. The van der Waals surface area contributed by atoms with E-state index in [-0.39, 0.29) is 5.58 Å². The predicted molar refractivity (Wildman–Crippen MR) is 122 cm³/mol. The average molecular weight is 427 g/mol. The third-order valence-corrected chi connectivity index (χ3v) is 6.00. The second-order valence-corrected chi connectivity index (χ2v) is 8.04. The molecular formula is C27H16F3NO. The molecule has 0 atom stereocenters. The molecule has 0 saturated carbocycles. The van der Waals surface area contributed by atoms with E-state index < -0.39 is 11.7 Å². The zero-order valence-electron chi connectivity index (χ0n) is 17.0. The SMILES string of the molecule is Cc1cccc(-c2nccc3c2ccc2c3ccc3c4ccc(C(F)(F)F)cc4oc32)c1. The molecule has 6 rings (SSSR count). The Hall–Kier alpha value is -3.86. The number of furan rings is 1. The number of halogens is 3. The number of pyridine rings is 1. The van der Waals surface area contributed by atoms with Crippen LogP contribution >= 0.6 is 0 Å². The molecule has 0 aliphatic carbocycles. The van der Waals surface area contributed by atoms with E-state index in [2.05, 4.69) is 11.1 Å². The van der Waals surface area contributed by atoms with Gasteiger partial charge in [-0.2, -0.15) is 13.2 Å². The number of aryl methyl sites for hydroxylation is 1. The summed E-state index contributed by atoms with van der Waals surface area (Å²) in [6.45, 7) is 2.05. The highest BCUT2D eigenvalue weighted by molar-refractivity contribution is 6.21. The summed E-state index contributed by atoms with van der Waals surface area (Å²) < 4.78 is 45.4. The van der Waals surface area contributed by atoms with Crippen LogP contribution in [0.5, 0.6) is 0 Å². The first-order valence-corrected chi connectivity index (χ1v) is 10.2. The maximum Gasteiger partial charge on any atom is 0.416 e. The van der Waals surface area contributed by atoms with Crippen LogP contribution in [0, 0.1) is 6.92 Å². The van der Waals surface area contributed by atoms with Crippen molar-refractivity contribution in [2.24, 2.45) is 0 Å². The molecule has 156 valence electrons. The lowest BCUT2D eigenvalue weighted by Gasteiger charge is -2.09. The molecule has 0 unspecified atom stereocenters. The molecule has 2 aromatic heterocycles. The first-order chi connectivity index (χ1) is 15.4. The molecule has 6 aromatic rings. The Labute approximate surface area is 180 Å². The van der Waals surface area contributed by atoms with Gasteiger partial charge >= 0.3 is 6.18 Å². The largest absolute Gasteiger partial charge is 0.455 e. The van der Waals surface area contributed by atoms with E-state index in [1.165, 1.54) is 6.07 Å². The monoisotopic (exact) mass is 427 g/mol. The summed E-state index contributed by atoms with van der Waals surface area (Å²) in [5, 5.41) is 5.34. The molecular weight excluding hydrogens is 411 g/mol. The molecule has 5 heteroatoms. The van der Waals surface area contributed by atoms with Crippen molar-refractivity contribution in [1.29, 1.82) is 0 Å². The maximum atomic E-state index is 13.2. The molecule has 4 aromatic carbocycles. The van der Waals surface area contributed by atoms with Gasteiger partial charge in [0.05, 0.1) is 11.3 Å². The lowest BCUT2D eigenvalue weighted by molar-refractivity contribution is -0.137. The molecule has 0 aliphatic rings. The highest BCUT2D eigenvalue weighted by atomic mass is 19.4. The number of rotatable bonds is 1. The number of hydrogen-bond donors (Lipinski definition) is 0. The van der Waals surface area contributed by atoms with Gasteiger partial charge in [0, 0.05) is 33.3 Å². The highest BCUT2D eigenvalue weighted by Gasteiger charge is 2.31. The minimum absolute atomic E-state index is 0.234. The molecule has 0 spiro atoms. The molecule has 2 nitrogen and oxygen atoms in total. The van der Waals surface area contributed by atoms with Crippen molar-refractivity contribution in [2.75, 3.05) is 0 Å². The van der Waals surface area contributed by atoms with Crippen molar-refractivity contribution in [3.8, 4) is 11.3 Å². The van der Waals surface area contributed by atoms with Crippen LogP contribution in [0.4, 0.5) is 13.2 Å². The summed E-state index contributed by atoms with van der Waals surface area (Å²) in [6.07, 6.45) is -2.62. The second kappa shape index (κ2) is 6.57. The van der Waals surface area contributed by atoms with Crippen LogP contribution in [0.3, 0.4) is 0 Å². The zero-order chi connectivity index (χ0) is 22.0. The second-order valence-electron chi connectivity index (χ2n) is 8.04. The lowest BCUT2D eigenvalue weighted by atomic mass is 9.97. The summed E-state index contributed by atoms with van der Waals surface area (Å²) in [7, 11) is 0. The van der Waals surface area contributed by atoms with Crippen LogP contribution in [0.15, 0.2) is 83.4 Å². The number of benzene rings is 4. The molecule has 0 saturated heterocycles. The Bertz CT molecular complexity index is 1680.